The number of rotatable bonds is 6. The van der Waals surface area contributed by atoms with Crippen molar-refractivity contribution < 1.29 is 4.79 Å². The number of hydrogen-bond acceptors (Lipinski definition) is 5. The highest BCUT2D eigenvalue weighted by Crippen LogP contribution is 2.29. The van der Waals surface area contributed by atoms with Crippen LogP contribution < -0.4 is 5.73 Å². The molecule has 0 atom stereocenters. The monoisotopic (exact) mass is 321 g/mol. The number of primary amides is 1. The van der Waals surface area contributed by atoms with Gasteiger partial charge < -0.3 is 5.73 Å². The minimum Gasteiger partial charge on any atom is -0.369 e. The van der Waals surface area contributed by atoms with Crippen LogP contribution in [0.1, 0.15) is 31.4 Å². The fourth-order valence-electron chi connectivity index (χ4n) is 2.88. The Hall–Kier alpha value is -1.24. The van der Waals surface area contributed by atoms with Crippen molar-refractivity contribution in [2.75, 3.05) is 6.54 Å². The van der Waals surface area contributed by atoms with Gasteiger partial charge in [-0.05, 0) is 24.3 Å². The fourth-order valence-corrected chi connectivity index (χ4v) is 4.51. The lowest BCUT2D eigenvalue weighted by Crippen LogP contribution is -2.39. The quantitative estimate of drug-likeness (QED) is 0.889. The Kier molecular flexibility index (Phi) is 4.67. The average molecular weight is 321 g/mol. The molecule has 0 bridgehead atoms. The zero-order valence-electron chi connectivity index (χ0n) is 11.8. The van der Waals surface area contributed by atoms with Crippen molar-refractivity contribution in [2.24, 2.45) is 5.73 Å². The Bertz CT molecular complexity index is 588. The Morgan fingerprint density at radius 3 is 2.86 bits per heavy atom. The molecule has 4 nitrogen and oxygen atoms in total. The van der Waals surface area contributed by atoms with Gasteiger partial charge >= 0.3 is 0 Å². The number of thiophene rings is 1. The predicted octanol–water partition coefficient (Wildman–Crippen LogP) is 3.10. The smallest absolute Gasteiger partial charge is 0.231 e. The minimum atomic E-state index is -0.254. The molecule has 21 heavy (non-hydrogen) atoms. The van der Waals surface area contributed by atoms with E-state index in [-0.39, 0.29) is 5.91 Å². The molecule has 112 valence electrons. The molecule has 3 rings (SSSR count). The van der Waals surface area contributed by atoms with Gasteiger partial charge in [-0.3, -0.25) is 9.69 Å². The lowest BCUT2D eigenvalue weighted by molar-refractivity contribution is -0.119. The summed E-state index contributed by atoms with van der Waals surface area (Å²) < 4.78 is 0. The van der Waals surface area contributed by atoms with E-state index < -0.39 is 0 Å². The van der Waals surface area contributed by atoms with Crippen LogP contribution >= 0.6 is 22.7 Å². The molecule has 1 aliphatic carbocycles. The first-order valence-corrected chi connectivity index (χ1v) is 8.99. The van der Waals surface area contributed by atoms with Crippen molar-refractivity contribution in [1.29, 1.82) is 0 Å². The largest absolute Gasteiger partial charge is 0.369 e. The third-order valence-corrected chi connectivity index (χ3v) is 5.78. The average Bonchev–Trinajstić information content (AvgIpc) is 3.20. The van der Waals surface area contributed by atoms with Crippen LogP contribution in [0.5, 0.6) is 0 Å². The molecule has 6 heteroatoms. The third-order valence-electron chi connectivity index (χ3n) is 3.85. The summed E-state index contributed by atoms with van der Waals surface area (Å²) in [5.74, 6) is -0.254. The van der Waals surface area contributed by atoms with Crippen LogP contribution in [0.15, 0.2) is 22.9 Å². The molecule has 0 unspecified atom stereocenters. The van der Waals surface area contributed by atoms with Crippen molar-refractivity contribution in [3.05, 3.63) is 28.6 Å². The highest BCUT2D eigenvalue weighted by Gasteiger charge is 2.24. The van der Waals surface area contributed by atoms with E-state index in [1.807, 2.05) is 6.07 Å². The van der Waals surface area contributed by atoms with E-state index in [1.165, 1.54) is 17.7 Å². The predicted molar refractivity (Wildman–Crippen MR) is 87.3 cm³/mol. The highest BCUT2D eigenvalue weighted by molar-refractivity contribution is 7.20. The maximum atomic E-state index is 11.3. The zero-order valence-corrected chi connectivity index (χ0v) is 13.5. The van der Waals surface area contributed by atoms with Gasteiger partial charge in [0, 0.05) is 18.0 Å². The summed E-state index contributed by atoms with van der Waals surface area (Å²) in [4.78, 5) is 19.4. The Balaban J connectivity index is 1.71. The number of nitrogens with two attached hydrogens (primary N) is 1. The van der Waals surface area contributed by atoms with Crippen LogP contribution in [0.25, 0.3) is 9.88 Å². The number of carbonyl (C=O) groups is 1. The maximum Gasteiger partial charge on any atom is 0.231 e. The van der Waals surface area contributed by atoms with E-state index in [0.717, 1.165) is 30.1 Å². The Morgan fingerprint density at radius 2 is 2.19 bits per heavy atom. The topological polar surface area (TPSA) is 59.2 Å². The second kappa shape index (κ2) is 6.68. The lowest BCUT2D eigenvalue weighted by Gasteiger charge is -2.26. The summed E-state index contributed by atoms with van der Waals surface area (Å²) in [5.41, 5.74) is 6.44. The van der Waals surface area contributed by atoms with Gasteiger partial charge in [0.2, 0.25) is 5.91 Å². The van der Waals surface area contributed by atoms with E-state index in [2.05, 4.69) is 21.7 Å². The second-order valence-electron chi connectivity index (χ2n) is 5.43. The summed E-state index contributed by atoms with van der Waals surface area (Å²) in [6.07, 6.45) is 4.82. The highest BCUT2D eigenvalue weighted by atomic mass is 32.1. The molecule has 2 aromatic heterocycles. The van der Waals surface area contributed by atoms with Crippen molar-refractivity contribution in [3.8, 4) is 9.88 Å². The van der Waals surface area contributed by atoms with Gasteiger partial charge in [0.15, 0.2) is 0 Å². The molecule has 1 amide bonds. The van der Waals surface area contributed by atoms with Gasteiger partial charge in [-0.25, -0.2) is 4.98 Å². The van der Waals surface area contributed by atoms with Crippen LogP contribution in [-0.2, 0) is 11.3 Å². The van der Waals surface area contributed by atoms with Crippen LogP contribution in [0.2, 0.25) is 0 Å². The van der Waals surface area contributed by atoms with E-state index in [0.29, 0.717) is 12.6 Å². The van der Waals surface area contributed by atoms with Crippen LogP contribution in [0.4, 0.5) is 0 Å². The second-order valence-corrected chi connectivity index (χ2v) is 7.24. The van der Waals surface area contributed by atoms with Crippen LogP contribution in [0.3, 0.4) is 0 Å². The molecule has 0 aromatic carbocycles. The summed E-state index contributed by atoms with van der Waals surface area (Å²) >= 11 is 3.37. The molecule has 0 radical (unpaired) electrons. The van der Waals surface area contributed by atoms with Gasteiger partial charge in [-0.1, -0.05) is 18.9 Å². The van der Waals surface area contributed by atoms with Gasteiger partial charge in [0.05, 0.1) is 17.1 Å². The third kappa shape index (κ3) is 3.70. The van der Waals surface area contributed by atoms with E-state index in [4.69, 9.17) is 10.7 Å². The maximum absolute atomic E-state index is 11.3. The molecule has 2 N–H and O–H groups in total. The normalized spacial score (nSPS) is 15.9. The molecule has 1 aliphatic rings. The molecule has 2 heterocycles. The summed E-state index contributed by atoms with van der Waals surface area (Å²) in [7, 11) is 0. The lowest BCUT2D eigenvalue weighted by atomic mass is 10.2. The first-order valence-electron chi connectivity index (χ1n) is 7.23. The number of amides is 1. The molecule has 0 saturated heterocycles. The summed E-state index contributed by atoms with van der Waals surface area (Å²) in [6, 6.07) is 4.61. The number of hydrogen-bond donors (Lipinski definition) is 1. The standard InChI is InChI=1S/C15H19N3OS2/c16-14(19)9-18(12-4-1-2-5-12)8-11-10-21-15(17-11)13-6-3-7-20-13/h3,6-7,10,12H,1-2,4-5,8-9H2,(H2,16,19). The van der Waals surface area contributed by atoms with Gasteiger partial charge in [0.1, 0.15) is 5.01 Å². The van der Waals surface area contributed by atoms with Crippen molar-refractivity contribution in [1.82, 2.24) is 9.88 Å². The van der Waals surface area contributed by atoms with Gasteiger partial charge in [-0.2, -0.15) is 0 Å². The summed E-state index contributed by atoms with van der Waals surface area (Å²) in [6.45, 7) is 1.05. The fraction of sp³-hybridized carbons (Fsp3) is 0.467. The van der Waals surface area contributed by atoms with Gasteiger partial charge in [0.25, 0.3) is 0 Å². The number of thiazole rings is 1. The molecule has 2 aromatic rings. The summed E-state index contributed by atoms with van der Waals surface area (Å²) in [5, 5.41) is 5.22. The van der Waals surface area contributed by atoms with E-state index in [9.17, 15) is 4.79 Å². The van der Waals surface area contributed by atoms with Crippen molar-refractivity contribution in [2.45, 2.75) is 38.3 Å². The SMILES string of the molecule is NC(=O)CN(Cc1csc(-c2cccs2)n1)C1CCCC1. The van der Waals surface area contributed by atoms with Crippen LogP contribution in [-0.4, -0.2) is 28.4 Å². The molecular weight excluding hydrogens is 302 g/mol. The molecule has 1 saturated carbocycles. The first-order chi connectivity index (χ1) is 10.2. The van der Waals surface area contributed by atoms with Crippen molar-refractivity contribution >= 4 is 28.6 Å². The molecule has 1 fully saturated rings. The van der Waals surface area contributed by atoms with Crippen molar-refractivity contribution in [3.63, 3.8) is 0 Å². The number of nitrogens with zero attached hydrogens (tertiary/aromatic N) is 2. The Morgan fingerprint density at radius 1 is 1.38 bits per heavy atom. The van der Waals surface area contributed by atoms with E-state index >= 15 is 0 Å². The number of carbonyl (C=O) groups excluding carboxylic acids is 1. The Labute approximate surface area is 132 Å². The van der Waals surface area contributed by atoms with Crippen LogP contribution in [0, 0.1) is 0 Å². The molecule has 0 spiro atoms. The zero-order chi connectivity index (χ0) is 14.7. The van der Waals surface area contributed by atoms with Gasteiger partial charge in [-0.15, -0.1) is 22.7 Å². The number of aromatic nitrogens is 1. The minimum absolute atomic E-state index is 0.254. The molecule has 0 aliphatic heterocycles. The van der Waals surface area contributed by atoms with E-state index in [1.54, 1.807) is 22.7 Å². The molecular formula is C15H19N3OS2. The first kappa shape index (κ1) is 14.7.